The molecule has 0 saturated carbocycles. The first-order valence-electron chi connectivity index (χ1n) is 8.60. The molecule has 0 aromatic heterocycles. The van der Waals surface area contributed by atoms with Crippen LogP contribution in [0.3, 0.4) is 0 Å². The number of amides is 1. The number of hydrogen-bond acceptors (Lipinski definition) is 3. The number of para-hydroxylation sites is 1. The minimum atomic E-state index is -3.42. The minimum Gasteiger partial charge on any atom is -0.322 e. The van der Waals surface area contributed by atoms with E-state index in [-0.39, 0.29) is 11.7 Å². The van der Waals surface area contributed by atoms with Gasteiger partial charge in [0.15, 0.2) is 9.84 Å². The van der Waals surface area contributed by atoms with Crippen LogP contribution in [0.15, 0.2) is 77.7 Å². The van der Waals surface area contributed by atoms with Crippen LogP contribution in [0.2, 0.25) is 0 Å². The second-order valence-corrected chi connectivity index (χ2v) is 8.53. The van der Waals surface area contributed by atoms with Crippen molar-refractivity contribution in [1.29, 1.82) is 0 Å². The molecule has 0 bridgehead atoms. The third-order valence-corrected chi connectivity index (χ3v) is 6.05. The molecule has 27 heavy (non-hydrogen) atoms. The molecular weight excluding hydrogens is 358 g/mol. The number of carbonyl (C=O) groups is 1. The van der Waals surface area contributed by atoms with Gasteiger partial charge in [-0.3, -0.25) is 4.79 Å². The van der Waals surface area contributed by atoms with Crippen LogP contribution in [0.5, 0.6) is 0 Å². The molecule has 0 aliphatic carbocycles. The van der Waals surface area contributed by atoms with E-state index < -0.39 is 9.84 Å². The molecule has 0 saturated heterocycles. The predicted molar refractivity (Wildman–Crippen MR) is 108 cm³/mol. The summed E-state index contributed by atoms with van der Waals surface area (Å²) in [7, 11) is -3.42. The quantitative estimate of drug-likeness (QED) is 0.708. The first-order valence-corrected chi connectivity index (χ1v) is 10.3. The molecule has 3 aromatic carbocycles. The summed E-state index contributed by atoms with van der Waals surface area (Å²) < 4.78 is 25.1. The molecule has 0 unspecified atom stereocenters. The van der Waals surface area contributed by atoms with E-state index in [1.807, 2.05) is 38.1 Å². The summed E-state index contributed by atoms with van der Waals surface area (Å²) in [6, 6.07) is 21.0. The van der Waals surface area contributed by atoms with Crippen molar-refractivity contribution in [3.05, 3.63) is 95.1 Å². The van der Waals surface area contributed by atoms with Crippen molar-refractivity contribution in [3.63, 3.8) is 0 Å². The van der Waals surface area contributed by atoms with E-state index in [4.69, 9.17) is 0 Å². The van der Waals surface area contributed by atoms with Crippen molar-refractivity contribution in [2.45, 2.75) is 24.5 Å². The molecule has 138 valence electrons. The Balaban J connectivity index is 1.72. The van der Waals surface area contributed by atoms with E-state index in [0.717, 1.165) is 16.8 Å². The van der Waals surface area contributed by atoms with Crippen molar-refractivity contribution in [1.82, 2.24) is 0 Å². The Morgan fingerprint density at radius 1 is 0.852 bits per heavy atom. The average molecular weight is 379 g/mol. The Labute approximate surface area is 159 Å². The largest absolute Gasteiger partial charge is 0.322 e. The molecule has 0 fully saturated rings. The van der Waals surface area contributed by atoms with Crippen LogP contribution in [-0.2, 0) is 15.6 Å². The van der Waals surface area contributed by atoms with Gasteiger partial charge >= 0.3 is 0 Å². The van der Waals surface area contributed by atoms with Crippen LogP contribution >= 0.6 is 0 Å². The lowest BCUT2D eigenvalue weighted by Gasteiger charge is -2.09. The Morgan fingerprint density at radius 2 is 1.48 bits per heavy atom. The Kier molecular flexibility index (Phi) is 5.42. The van der Waals surface area contributed by atoms with Crippen LogP contribution < -0.4 is 5.32 Å². The molecule has 1 amide bonds. The van der Waals surface area contributed by atoms with E-state index >= 15 is 0 Å². The maximum absolute atomic E-state index is 12.5. The van der Waals surface area contributed by atoms with Crippen LogP contribution in [-0.4, -0.2) is 14.3 Å². The Bertz CT molecular complexity index is 1050. The van der Waals surface area contributed by atoms with E-state index in [1.54, 1.807) is 48.5 Å². The number of nitrogens with one attached hydrogen (secondary N) is 1. The van der Waals surface area contributed by atoms with Crippen LogP contribution in [0, 0.1) is 13.8 Å². The van der Waals surface area contributed by atoms with Crippen molar-refractivity contribution >= 4 is 21.4 Å². The number of anilines is 1. The van der Waals surface area contributed by atoms with Crippen molar-refractivity contribution in [2.24, 2.45) is 0 Å². The summed E-state index contributed by atoms with van der Waals surface area (Å²) in [6.45, 7) is 3.84. The number of hydrogen-bond donors (Lipinski definition) is 1. The molecule has 0 radical (unpaired) electrons. The molecular formula is C22H21NO3S. The van der Waals surface area contributed by atoms with Gasteiger partial charge in [-0.05, 0) is 55.3 Å². The van der Waals surface area contributed by atoms with Gasteiger partial charge in [0.1, 0.15) is 0 Å². The Morgan fingerprint density at radius 3 is 2.11 bits per heavy atom. The van der Waals surface area contributed by atoms with Gasteiger partial charge in [0.25, 0.3) is 5.91 Å². The number of carbonyl (C=O) groups excluding carboxylic acids is 1. The summed E-state index contributed by atoms with van der Waals surface area (Å²) in [6.07, 6.45) is 0. The molecule has 0 spiro atoms. The van der Waals surface area contributed by atoms with E-state index in [9.17, 15) is 13.2 Å². The molecule has 3 aromatic rings. The van der Waals surface area contributed by atoms with Crippen molar-refractivity contribution in [3.8, 4) is 0 Å². The van der Waals surface area contributed by atoms with Crippen LogP contribution in [0.4, 0.5) is 5.69 Å². The zero-order chi connectivity index (χ0) is 19.4. The lowest BCUT2D eigenvalue weighted by Crippen LogP contribution is -2.13. The van der Waals surface area contributed by atoms with E-state index in [0.29, 0.717) is 16.0 Å². The minimum absolute atomic E-state index is 0.101. The zero-order valence-electron chi connectivity index (χ0n) is 15.3. The van der Waals surface area contributed by atoms with Crippen LogP contribution in [0.25, 0.3) is 0 Å². The second-order valence-electron chi connectivity index (χ2n) is 6.54. The molecule has 1 N–H and O–H groups in total. The Hall–Kier alpha value is -2.92. The van der Waals surface area contributed by atoms with Gasteiger partial charge in [0, 0.05) is 11.3 Å². The fraction of sp³-hybridized carbons (Fsp3) is 0.136. The smallest absolute Gasteiger partial charge is 0.255 e. The van der Waals surface area contributed by atoms with Gasteiger partial charge in [-0.15, -0.1) is 0 Å². The molecule has 0 aliphatic heterocycles. The van der Waals surface area contributed by atoms with Gasteiger partial charge < -0.3 is 5.32 Å². The van der Waals surface area contributed by atoms with E-state index in [1.165, 1.54) is 0 Å². The summed E-state index contributed by atoms with van der Waals surface area (Å²) in [5.41, 5.74) is 3.87. The molecule has 4 nitrogen and oxygen atoms in total. The first-order chi connectivity index (χ1) is 12.8. The highest BCUT2D eigenvalue weighted by Gasteiger charge is 2.15. The van der Waals surface area contributed by atoms with Crippen molar-refractivity contribution < 1.29 is 13.2 Å². The third kappa shape index (κ3) is 4.63. The van der Waals surface area contributed by atoms with Gasteiger partial charge in [-0.2, -0.15) is 0 Å². The molecule has 5 heteroatoms. The highest BCUT2D eigenvalue weighted by molar-refractivity contribution is 7.90. The third-order valence-electron chi connectivity index (χ3n) is 4.35. The maximum atomic E-state index is 12.5. The monoisotopic (exact) mass is 379 g/mol. The fourth-order valence-corrected chi connectivity index (χ4v) is 4.06. The van der Waals surface area contributed by atoms with Crippen LogP contribution in [0.1, 0.15) is 27.0 Å². The summed E-state index contributed by atoms with van der Waals surface area (Å²) in [5.74, 6) is -0.326. The zero-order valence-corrected chi connectivity index (χ0v) is 16.1. The highest BCUT2D eigenvalue weighted by Crippen LogP contribution is 2.19. The standard InChI is InChI=1S/C22H21NO3S/c1-16-7-13-20(14-8-16)27(25,26)15-18-9-11-19(12-10-18)22(24)23-21-6-4-3-5-17(21)2/h3-14H,15H2,1-2H3,(H,23,24). The van der Waals surface area contributed by atoms with Gasteiger partial charge in [-0.25, -0.2) is 8.42 Å². The number of aryl methyl sites for hydroxylation is 2. The topological polar surface area (TPSA) is 63.2 Å². The van der Waals surface area contributed by atoms with Gasteiger partial charge in [0.2, 0.25) is 0 Å². The summed E-state index contributed by atoms with van der Waals surface area (Å²) in [5, 5.41) is 2.87. The average Bonchev–Trinajstić information content (AvgIpc) is 2.64. The molecule has 0 aliphatic rings. The van der Waals surface area contributed by atoms with Gasteiger partial charge in [0.05, 0.1) is 10.6 Å². The lowest BCUT2D eigenvalue weighted by molar-refractivity contribution is 0.102. The fourth-order valence-electron chi connectivity index (χ4n) is 2.71. The number of sulfone groups is 1. The number of rotatable bonds is 5. The van der Waals surface area contributed by atoms with E-state index in [2.05, 4.69) is 5.32 Å². The van der Waals surface area contributed by atoms with Crippen molar-refractivity contribution in [2.75, 3.05) is 5.32 Å². The molecule has 0 heterocycles. The second kappa shape index (κ2) is 7.76. The molecule has 0 atom stereocenters. The maximum Gasteiger partial charge on any atom is 0.255 e. The normalized spacial score (nSPS) is 11.2. The first kappa shape index (κ1) is 18.9. The SMILES string of the molecule is Cc1ccc(S(=O)(=O)Cc2ccc(C(=O)Nc3ccccc3C)cc2)cc1. The number of benzene rings is 3. The summed E-state index contributed by atoms with van der Waals surface area (Å²) in [4.78, 5) is 12.7. The highest BCUT2D eigenvalue weighted by atomic mass is 32.2. The lowest BCUT2D eigenvalue weighted by atomic mass is 10.1. The molecule has 3 rings (SSSR count). The predicted octanol–water partition coefficient (Wildman–Crippen LogP) is 4.53. The van der Waals surface area contributed by atoms with Gasteiger partial charge in [-0.1, -0.05) is 48.0 Å². The summed E-state index contributed by atoms with van der Waals surface area (Å²) >= 11 is 0.